The molecular formula is C15H21NO3S. The Labute approximate surface area is 120 Å². The van der Waals surface area contributed by atoms with Crippen molar-refractivity contribution in [2.75, 3.05) is 12.9 Å². The first kappa shape index (κ1) is 14.9. The van der Waals surface area contributed by atoms with Gasteiger partial charge in [0.1, 0.15) is 5.75 Å². The van der Waals surface area contributed by atoms with E-state index in [-0.39, 0.29) is 5.75 Å². The van der Waals surface area contributed by atoms with Crippen molar-refractivity contribution in [1.29, 1.82) is 0 Å². The van der Waals surface area contributed by atoms with Crippen LogP contribution < -0.4 is 4.74 Å². The van der Waals surface area contributed by atoms with Gasteiger partial charge in [-0.3, -0.25) is 0 Å². The van der Waals surface area contributed by atoms with Gasteiger partial charge in [0.25, 0.3) is 0 Å². The third-order valence-electron chi connectivity index (χ3n) is 3.51. The fraction of sp³-hybridized carbons (Fsp3) is 0.467. The average Bonchev–Trinajstić information content (AvgIpc) is 2.77. The lowest BCUT2D eigenvalue weighted by atomic mass is 10.2. The van der Waals surface area contributed by atoms with Gasteiger partial charge >= 0.3 is 0 Å². The van der Waals surface area contributed by atoms with E-state index in [2.05, 4.69) is 0 Å². The Hall–Kier alpha value is -1.49. The summed E-state index contributed by atoms with van der Waals surface area (Å²) in [4.78, 5) is 0. The Bertz CT molecular complexity index is 708. The van der Waals surface area contributed by atoms with Crippen molar-refractivity contribution in [3.05, 3.63) is 30.5 Å². The lowest BCUT2D eigenvalue weighted by Gasteiger charge is -2.19. The highest BCUT2D eigenvalue weighted by molar-refractivity contribution is 7.92. The molecule has 0 aliphatic carbocycles. The van der Waals surface area contributed by atoms with Crippen LogP contribution in [0.5, 0.6) is 5.75 Å². The van der Waals surface area contributed by atoms with Crippen molar-refractivity contribution in [3.63, 3.8) is 0 Å². The van der Waals surface area contributed by atoms with Crippen LogP contribution in [0.4, 0.5) is 0 Å². The van der Waals surface area contributed by atoms with Crippen molar-refractivity contribution >= 4 is 20.7 Å². The molecule has 0 aliphatic rings. The molecule has 1 aromatic carbocycles. The number of aryl methyl sites for hydroxylation is 1. The number of aromatic nitrogens is 1. The average molecular weight is 295 g/mol. The van der Waals surface area contributed by atoms with Gasteiger partial charge in [0.2, 0.25) is 0 Å². The fourth-order valence-corrected chi connectivity index (χ4v) is 3.07. The minimum atomic E-state index is -3.10. The summed E-state index contributed by atoms with van der Waals surface area (Å²) in [5.74, 6) is 0.948. The second kappa shape index (κ2) is 5.13. The number of ether oxygens (including phenoxy) is 1. The Balaban J connectivity index is 2.23. The topological polar surface area (TPSA) is 48.3 Å². The van der Waals surface area contributed by atoms with Crippen LogP contribution in [0.1, 0.15) is 20.8 Å². The number of rotatable bonds is 4. The van der Waals surface area contributed by atoms with Gasteiger partial charge in [0, 0.05) is 23.6 Å². The van der Waals surface area contributed by atoms with Gasteiger partial charge in [-0.2, -0.15) is 0 Å². The molecule has 0 atom stereocenters. The van der Waals surface area contributed by atoms with Crippen molar-refractivity contribution in [2.45, 2.75) is 32.1 Å². The normalized spacial score (nSPS) is 12.8. The molecule has 110 valence electrons. The smallest absolute Gasteiger partial charge is 0.156 e. The van der Waals surface area contributed by atoms with Crippen LogP contribution in [-0.4, -0.2) is 30.6 Å². The van der Waals surface area contributed by atoms with E-state index in [0.29, 0.717) is 6.54 Å². The van der Waals surface area contributed by atoms with Gasteiger partial charge in [0.15, 0.2) is 9.84 Å². The molecule has 0 N–H and O–H groups in total. The lowest BCUT2D eigenvalue weighted by molar-refractivity contribution is 0.415. The molecule has 1 aromatic heterocycles. The summed E-state index contributed by atoms with van der Waals surface area (Å²) >= 11 is 0. The first-order chi connectivity index (χ1) is 9.24. The lowest BCUT2D eigenvalue weighted by Crippen LogP contribution is -2.31. The molecule has 1 heterocycles. The molecule has 0 saturated heterocycles. The number of hydrogen-bond donors (Lipinski definition) is 0. The molecule has 0 radical (unpaired) electrons. The van der Waals surface area contributed by atoms with E-state index in [1.807, 2.05) is 35.0 Å². The molecule has 0 bridgehead atoms. The summed E-state index contributed by atoms with van der Waals surface area (Å²) in [5, 5.41) is 1.05. The van der Waals surface area contributed by atoms with Crippen molar-refractivity contribution < 1.29 is 13.2 Å². The zero-order valence-electron chi connectivity index (χ0n) is 12.4. The van der Waals surface area contributed by atoms with Crippen molar-refractivity contribution in [1.82, 2.24) is 4.57 Å². The van der Waals surface area contributed by atoms with Gasteiger partial charge < -0.3 is 9.30 Å². The molecular weight excluding hydrogens is 274 g/mol. The number of methoxy groups -OCH3 is 1. The maximum Gasteiger partial charge on any atom is 0.156 e. The quantitative estimate of drug-likeness (QED) is 0.871. The molecule has 0 unspecified atom stereocenters. The first-order valence-electron chi connectivity index (χ1n) is 6.60. The van der Waals surface area contributed by atoms with E-state index < -0.39 is 14.6 Å². The van der Waals surface area contributed by atoms with Gasteiger partial charge in [-0.1, -0.05) is 0 Å². The molecule has 0 aliphatic heterocycles. The number of fused-ring (bicyclic) bond motifs is 1. The second-order valence-corrected chi connectivity index (χ2v) is 8.73. The monoisotopic (exact) mass is 295 g/mol. The van der Waals surface area contributed by atoms with Gasteiger partial charge in [-0.05, 0) is 45.0 Å². The standard InChI is InChI=1S/C15H21NO3S/c1-15(2,3)20(17,18)10-9-16-8-7-12-11-13(19-4)5-6-14(12)16/h5-8,11H,9-10H2,1-4H3. The van der Waals surface area contributed by atoms with E-state index in [1.54, 1.807) is 27.9 Å². The number of nitrogens with zero attached hydrogens (tertiary/aromatic N) is 1. The minimum Gasteiger partial charge on any atom is -0.497 e. The number of benzene rings is 1. The zero-order chi connectivity index (χ0) is 15.0. The van der Waals surface area contributed by atoms with Crippen LogP contribution >= 0.6 is 0 Å². The van der Waals surface area contributed by atoms with Crippen LogP contribution in [0.25, 0.3) is 10.9 Å². The second-order valence-electron chi connectivity index (χ2n) is 5.87. The van der Waals surface area contributed by atoms with Gasteiger partial charge in [-0.25, -0.2) is 8.42 Å². The zero-order valence-corrected chi connectivity index (χ0v) is 13.2. The van der Waals surface area contributed by atoms with E-state index in [4.69, 9.17) is 4.74 Å². The summed E-state index contributed by atoms with van der Waals surface area (Å²) in [7, 11) is -1.47. The summed E-state index contributed by atoms with van der Waals surface area (Å²) in [6.45, 7) is 5.68. The number of sulfone groups is 1. The molecule has 0 saturated carbocycles. The molecule has 0 fully saturated rings. The first-order valence-corrected chi connectivity index (χ1v) is 8.25. The molecule has 2 aromatic rings. The highest BCUT2D eigenvalue weighted by atomic mass is 32.2. The summed E-state index contributed by atoms with van der Waals surface area (Å²) < 4.78 is 30.7. The maximum absolute atomic E-state index is 12.2. The third-order valence-corrected chi connectivity index (χ3v) is 6.10. The van der Waals surface area contributed by atoms with Crippen LogP contribution in [0.2, 0.25) is 0 Å². The summed E-state index contributed by atoms with van der Waals surface area (Å²) in [5.41, 5.74) is 1.02. The SMILES string of the molecule is COc1ccc2c(ccn2CCS(=O)(=O)C(C)(C)C)c1. The number of hydrogen-bond acceptors (Lipinski definition) is 3. The third kappa shape index (κ3) is 2.82. The predicted molar refractivity (Wildman–Crippen MR) is 82.0 cm³/mol. The van der Waals surface area contributed by atoms with Crippen LogP contribution in [-0.2, 0) is 16.4 Å². The van der Waals surface area contributed by atoms with Crippen LogP contribution in [0.3, 0.4) is 0 Å². The Kier molecular flexibility index (Phi) is 3.82. The van der Waals surface area contributed by atoms with E-state index in [0.717, 1.165) is 16.7 Å². The molecule has 4 nitrogen and oxygen atoms in total. The van der Waals surface area contributed by atoms with Crippen molar-refractivity contribution in [3.8, 4) is 5.75 Å². The molecule has 0 spiro atoms. The summed E-state index contributed by atoms with van der Waals surface area (Å²) in [6, 6.07) is 7.76. The molecule has 2 rings (SSSR count). The van der Waals surface area contributed by atoms with E-state index in [9.17, 15) is 8.42 Å². The fourth-order valence-electron chi connectivity index (χ4n) is 2.02. The van der Waals surface area contributed by atoms with Crippen LogP contribution in [0, 0.1) is 0 Å². The maximum atomic E-state index is 12.2. The molecule has 5 heteroatoms. The summed E-state index contributed by atoms with van der Waals surface area (Å²) in [6.07, 6.45) is 1.92. The predicted octanol–water partition coefficient (Wildman–Crippen LogP) is 2.86. The largest absolute Gasteiger partial charge is 0.497 e. The Morgan fingerprint density at radius 2 is 1.90 bits per heavy atom. The Morgan fingerprint density at radius 3 is 2.50 bits per heavy atom. The van der Waals surface area contributed by atoms with Gasteiger partial charge in [0.05, 0.1) is 17.6 Å². The molecule has 0 amide bonds. The van der Waals surface area contributed by atoms with Crippen molar-refractivity contribution in [2.24, 2.45) is 0 Å². The van der Waals surface area contributed by atoms with Crippen LogP contribution in [0.15, 0.2) is 30.5 Å². The highest BCUT2D eigenvalue weighted by Crippen LogP contribution is 2.23. The molecule has 20 heavy (non-hydrogen) atoms. The Morgan fingerprint density at radius 1 is 1.20 bits per heavy atom. The minimum absolute atomic E-state index is 0.145. The van der Waals surface area contributed by atoms with E-state index >= 15 is 0 Å². The van der Waals surface area contributed by atoms with E-state index in [1.165, 1.54) is 0 Å². The van der Waals surface area contributed by atoms with Gasteiger partial charge in [-0.15, -0.1) is 0 Å². The highest BCUT2D eigenvalue weighted by Gasteiger charge is 2.28.